The second kappa shape index (κ2) is 6.36. The van der Waals surface area contributed by atoms with Gasteiger partial charge in [-0.1, -0.05) is 31.9 Å². The molecule has 1 amide bonds. The van der Waals surface area contributed by atoms with Gasteiger partial charge >= 0.3 is 5.97 Å². The van der Waals surface area contributed by atoms with Gasteiger partial charge in [0.15, 0.2) is 0 Å². The van der Waals surface area contributed by atoms with Crippen molar-refractivity contribution in [3.8, 4) is 0 Å². The summed E-state index contributed by atoms with van der Waals surface area (Å²) in [5.74, 6) is -1.67. The predicted molar refractivity (Wildman–Crippen MR) is 83.3 cm³/mol. The molecule has 0 aliphatic heterocycles. The lowest BCUT2D eigenvalue weighted by molar-refractivity contribution is -0.140. The van der Waals surface area contributed by atoms with E-state index in [1.807, 2.05) is 6.92 Å². The summed E-state index contributed by atoms with van der Waals surface area (Å²) in [6, 6.07) is 2.36. The van der Waals surface area contributed by atoms with Crippen molar-refractivity contribution in [2.45, 2.75) is 33.2 Å². The summed E-state index contributed by atoms with van der Waals surface area (Å²) in [5.41, 5.74) is 1.39. The van der Waals surface area contributed by atoms with Crippen molar-refractivity contribution in [2.24, 2.45) is 5.92 Å². The number of halogens is 1. The van der Waals surface area contributed by atoms with Gasteiger partial charge in [-0.15, -0.1) is 0 Å². The van der Waals surface area contributed by atoms with E-state index in [4.69, 9.17) is 11.6 Å². The van der Waals surface area contributed by atoms with E-state index in [1.54, 1.807) is 36.6 Å². The molecule has 0 radical (unpaired) electrons. The van der Waals surface area contributed by atoms with E-state index >= 15 is 0 Å². The summed E-state index contributed by atoms with van der Waals surface area (Å²) in [6.45, 7) is 5.38. The molecule has 22 heavy (non-hydrogen) atoms. The summed E-state index contributed by atoms with van der Waals surface area (Å²) in [5, 5.41) is 12.4. The fraction of sp³-hybridized carbons (Fsp3) is 0.400. The summed E-state index contributed by atoms with van der Waals surface area (Å²) in [7, 11) is 0. The summed E-state index contributed by atoms with van der Waals surface area (Å²) >= 11 is 5.91. The minimum absolute atomic E-state index is 0.171. The molecule has 0 saturated heterocycles. The van der Waals surface area contributed by atoms with Crippen molar-refractivity contribution in [3.05, 3.63) is 34.7 Å². The second-order valence-electron chi connectivity index (χ2n) is 5.29. The molecule has 118 valence electrons. The summed E-state index contributed by atoms with van der Waals surface area (Å²) in [6.07, 6.45) is 2.30. The molecule has 6 nitrogen and oxygen atoms in total. The molecule has 0 spiro atoms. The van der Waals surface area contributed by atoms with E-state index in [-0.39, 0.29) is 5.92 Å². The molecule has 0 fully saturated rings. The molecular weight excluding hydrogens is 306 g/mol. The normalized spacial score (nSPS) is 13.8. The van der Waals surface area contributed by atoms with Crippen molar-refractivity contribution in [2.75, 3.05) is 0 Å². The molecule has 0 saturated carbocycles. The highest BCUT2D eigenvalue weighted by Crippen LogP contribution is 2.17. The third-order valence-corrected chi connectivity index (χ3v) is 3.98. The smallest absolute Gasteiger partial charge is 0.326 e. The zero-order valence-corrected chi connectivity index (χ0v) is 13.4. The van der Waals surface area contributed by atoms with Crippen LogP contribution in [0.1, 0.15) is 36.5 Å². The lowest BCUT2D eigenvalue weighted by Crippen LogP contribution is -2.45. The maximum atomic E-state index is 12.5. The minimum Gasteiger partial charge on any atom is -0.480 e. The van der Waals surface area contributed by atoms with Gasteiger partial charge in [-0.25, -0.2) is 9.78 Å². The summed E-state index contributed by atoms with van der Waals surface area (Å²) in [4.78, 5) is 28.1. The van der Waals surface area contributed by atoms with Gasteiger partial charge < -0.3 is 10.4 Å². The molecule has 2 heterocycles. The number of pyridine rings is 1. The third kappa shape index (κ3) is 3.06. The number of carbonyl (C=O) groups excluding carboxylic acids is 1. The van der Waals surface area contributed by atoms with Gasteiger partial charge in [-0.3, -0.25) is 9.20 Å². The van der Waals surface area contributed by atoms with Crippen LogP contribution in [-0.4, -0.2) is 32.4 Å². The lowest BCUT2D eigenvalue weighted by atomic mass is 9.99. The standard InChI is InChI=1S/C15H18ClN3O3/c1-4-8(2)12(15(21)22)18-14(20)13-9(3)17-11-7-10(16)5-6-19(11)13/h5-8,12H,4H2,1-3H3,(H,18,20)(H,21,22). The quantitative estimate of drug-likeness (QED) is 0.885. The van der Waals surface area contributed by atoms with Gasteiger partial charge in [-0.05, 0) is 18.9 Å². The molecule has 2 aromatic heterocycles. The van der Waals surface area contributed by atoms with Crippen molar-refractivity contribution in [1.82, 2.24) is 14.7 Å². The first kappa shape index (κ1) is 16.3. The molecule has 2 aromatic rings. The maximum absolute atomic E-state index is 12.5. The van der Waals surface area contributed by atoms with Gasteiger partial charge in [0.2, 0.25) is 0 Å². The highest BCUT2D eigenvalue weighted by Gasteiger charge is 2.27. The van der Waals surface area contributed by atoms with Crippen LogP contribution in [0.3, 0.4) is 0 Å². The zero-order valence-electron chi connectivity index (χ0n) is 12.6. The number of fused-ring (bicyclic) bond motifs is 1. The molecule has 2 rings (SSSR count). The van der Waals surface area contributed by atoms with Crippen LogP contribution in [0.2, 0.25) is 5.02 Å². The predicted octanol–water partition coefficient (Wildman–Crippen LogP) is 2.53. The Bertz CT molecular complexity index is 726. The largest absolute Gasteiger partial charge is 0.480 e. The second-order valence-corrected chi connectivity index (χ2v) is 5.73. The Morgan fingerprint density at radius 1 is 1.50 bits per heavy atom. The van der Waals surface area contributed by atoms with Crippen molar-refractivity contribution in [3.63, 3.8) is 0 Å². The molecule has 0 aliphatic rings. The number of carboxylic acid groups (broad SMARTS) is 1. The number of imidazole rings is 1. The van der Waals surface area contributed by atoms with Crippen LogP contribution in [0.25, 0.3) is 5.65 Å². The fourth-order valence-electron chi connectivity index (χ4n) is 2.30. The lowest BCUT2D eigenvalue weighted by Gasteiger charge is -2.20. The Hall–Kier alpha value is -2.08. The third-order valence-electron chi connectivity index (χ3n) is 3.74. The molecular formula is C15H18ClN3O3. The molecule has 0 aromatic carbocycles. The number of carboxylic acids is 1. The summed E-state index contributed by atoms with van der Waals surface area (Å²) < 4.78 is 1.60. The number of aromatic nitrogens is 2. The van der Waals surface area contributed by atoms with Crippen molar-refractivity contribution in [1.29, 1.82) is 0 Å². The Labute approximate surface area is 133 Å². The average molecular weight is 324 g/mol. The number of aryl methyl sites for hydroxylation is 1. The van der Waals surface area contributed by atoms with E-state index in [0.717, 1.165) is 0 Å². The number of amides is 1. The van der Waals surface area contributed by atoms with Crippen molar-refractivity contribution < 1.29 is 14.7 Å². The number of hydrogen-bond acceptors (Lipinski definition) is 3. The van der Waals surface area contributed by atoms with Crippen LogP contribution in [0.15, 0.2) is 18.3 Å². The number of rotatable bonds is 5. The number of carbonyl (C=O) groups is 2. The Morgan fingerprint density at radius 2 is 2.18 bits per heavy atom. The highest BCUT2D eigenvalue weighted by molar-refractivity contribution is 6.30. The maximum Gasteiger partial charge on any atom is 0.326 e. The van der Waals surface area contributed by atoms with Crippen molar-refractivity contribution >= 4 is 29.1 Å². The van der Waals surface area contributed by atoms with Crippen LogP contribution < -0.4 is 5.32 Å². The zero-order chi connectivity index (χ0) is 16.4. The van der Waals surface area contributed by atoms with Crippen LogP contribution in [0.5, 0.6) is 0 Å². The van der Waals surface area contributed by atoms with Crippen LogP contribution in [0.4, 0.5) is 0 Å². The van der Waals surface area contributed by atoms with Gasteiger partial charge in [-0.2, -0.15) is 0 Å². The van der Waals surface area contributed by atoms with Crippen LogP contribution in [0, 0.1) is 12.8 Å². The van der Waals surface area contributed by atoms with Gasteiger partial charge in [0.05, 0.1) is 5.69 Å². The fourth-order valence-corrected chi connectivity index (χ4v) is 2.46. The Morgan fingerprint density at radius 3 is 2.77 bits per heavy atom. The van der Waals surface area contributed by atoms with E-state index in [2.05, 4.69) is 10.3 Å². The molecule has 2 atom stereocenters. The van der Waals surface area contributed by atoms with E-state index in [9.17, 15) is 14.7 Å². The molecule has 7 heteroatoms. The Kier molecular flexibility index (Phi) is 4.71. The average Bonchev–Trinajstić information content (AvgIpc) is 2.78. The SMILES string of the molecule is CCC(C)C(NC(=O)c1c(C)nc2cc(Cl)ccn12)C(=O)O. The molecule has 0 bridgehead atoms. The first-order valence-electron chi connectivity index (χ1n) is 7.03. The highest BCUT2D eigenvalue weighted by atomic mass is 35.5. The monoisotopic (exact) mass is 323 g/mol. The number of nitrogens with zero attached hydrogens (tertiary/aromatic N) is 2. The first-order valence-corrected chi connectivity index (χ1v) is 7.40. The molecule has 0 aliphatic carbocycles. The molecule has 2 unspecified atom stereocenters. The number of hydrogen-bond donors (Lipinski definition) is 2. The minimum atomic E-state index is -1.04. The Balaban J connectivity index is 2.37. The van der Waals surface area contributed by atoms with Gasteiger partial charge in [0.1, 0.15) is 17.4 Å². The van der Waals surface area contributed by atoms with E-state index in [0.29, 0.717) is 28.5 Å². The van der Waals surface area contributed by atoms with E-state index < -0.39 is 17.9 Å². The number of aliphatic carboxylic acids is 1. The van der Waals surface area contributed by atoms with Gasteiger partial charge in [0.25, 0.3) is 5.91 Å². The van der Waals surface area contributed by atoms with E-state index in [1.165, 1.54) is 0 Å². The van der Waals surface area contributed by atoms with Gasteiger partial charge in [0, 0.05) is 17.3 Å². The van der Waals surface area contributed by atoms with Crippen LogP contribution >= 0.6 is 11.6 Å². The topological polar surface area (TPSA) is 83.7 Å². The first-order chi connectivity index (χ1) is 10.3. The number of nitrogens with one attached hydrogen (secondary N) is 1. The molecule has 2 N–H and O–H groups in total. The van der Waals surface area contributed by atoms with Crippen LogP contribution in [-0.2, 0) is 4.79 Å².